The molecule has 3 rings (SSSR count). The van der Waals surface area contributed by atoms with E-state index >= 15 is 0 Å². The van der Waals surface area contributed by atoms with Crippen molar-refractivity contribution in [1.29, 1.82) is 0 Å². The van der Waals surface area contributed by atoms with Crippen molar-refractivity contribution in [2.75, 3.05) is 0 Å². The molecule has 0 saturated heterocycles. The Morgan fingerprint density at radius 1 is 0.651 bits per heavy atom. The van der Waals surface area contributed by atoms with E-state index in [1.807, 2.05) is 32.9 Å². The summed E-state index contributed by atoms with van der Waals surface area (Å²) < 4.78 is 17.9. The van der Waals surface area contributed by atoms with Crippen LogP contribution in [0.5, 0.6) is 11.5 Å². The molecule has 0 spiro atoms. The number of ether oxygens (including phenoxy) is 3. The quantitative estimate of drug-likeness (QED) is 0.147. The van der Waals surface area contributed by atoms with Crippen molar-refractivity contribution in [3.8, 4) is 11.5 Å². The van der Waals surface area contributed by atoms with Crippen LogP contribution in [0, 0.1) is 13.8 Å². The summed E-state index contributed by atoms with van der Waals surface area (Å²) in [6.45, 7) is 20.9. The van der Waals surface area contributed by atoms with Crippen LogP contribution < -0.4 is 9.47 Å². The van der Waals surface area contributed by atoms with Gasteiger partial charge in [0.2, 0.25) is 0 Å². The molecular formula is C38H50O5. The molecule has 0 fully saturated rings. The minimum Gasteiger partial charge on any atom is -0.487 e. The molecular weight excluding hydrogens is 536 g/mol. The number of esters is 2. The fourth-order valence-corrected chi connectivity index (χ4v) is 5.43. The van der Waals surface area contributed by atoms with Gasteiger partial charge in [-0.3, -0.25) is 0 Å². The summed E-state index contributed by atoms with van der Waals surface area (Å²) in [7, 11) is 0. The van der Waals surface area contributed by atoms with Gasteiger partial charge in [-0.25, -0.2) is 9.59 Å². The molecule has 0 bridgehead atoms. The van der Waals surface area contributed by atoms with Gasteiger partial charge in [0.15, 0.2) is 0 Å². The fraction of sp³-hybridized carbons (Fsp3) is 0.474. The Morgan fingerprint density at radius 2 is 1.14 bits per heavy atom. The predicted octanol–water partition coefficient (Wildman–Crippen LogP) is 9.93. The van der Waals surface area contributed by atoms with Crippen LogP contribution in [0.2, 0.25) is 0 Å². The second-order valence-electron chi connectivity index (χ2n) is 13.1. The lowest BCUT2D eigenvalue weighted by atomic mass is 9.77. The summed E-state index contributed by atoms with van der Waals surface area (Å²) in [4.78, 5) is 25.5. The van der Waals surface area contributed by atoms with E-state index in [-0.39, 0.29) is 11.0 Å². The number of hydrogen-bond donors (Lipinski definition) is 0. The van der Waals surface area contributed by atoms with Crippen LogP contribution in [0.15, 0.2) is 60.7 Å². The van der Waals surface area contributed by atoms with Crippen molar-refractivity contribution >= 4 is 11.9 Å². The SMILES string of the molecule is CCCC(C)(C)OC(=O)c1ccc(C(=O)Oc2ccc(C(C)(C)c3ccc(OC(C)(CC)CCC)c(C)c3)cc2C)cc1. The van der Waals surface area contributed by atoms with Gasteiger partial charge in [-0.2, -0.15) is 0 Å². The molecule has 5 nitrogen and oxygen atoms in total. The lowest BCUT2D eigenvalue weighted by Crippen LogP contribution is -2.31. The highest BCUT2D eigenvalue weighted by atomic mass is 16.6. The molecule has 1 unspecified atom stereocenters. The van der Waals surface area contributed by atoms with Gasteiger partial charge in [-0.15, -0.1) is 0 Å². The summed E-state index contributed by atoms with van der Waals surface area (Å²) in [6, 6.07) is 18.8. The Morgan fingerprint density at radius 3 is 1.60 bits per heavy atom. The van der Waals surface area contributed by atoms with E-state index in [0.29, 0.717) is 16.9 Å². The molecule has 0 amide bonds. The molecule has 43 heavy (non-hydrogen) atoms. The zero-order valence-electron chi connectivity index (χ0n) is 27.9. The van der Waals surface area contributed by atoms with E-state index in [1.54, 1.807) is 24.3 Å². The van der Waals surface area contributed by atoms with Gasteiger partial charge in [0.25, 0.3) is 0 Å². The van der Waals surface area contributed by atoms with Gasteiger partial charge >= 0.3 is 11.9 Å². The third-order valence-electron chi connectivity index (χ3n) is 8.46. The minimum absolute atomic E-state index is 0.166. The zero-order valence-corrected chi connectivity index (χ0v) is 27.9. The van der Waals surface area contributed by atoms with Crippen molar-refractivity contribution in [3.05, 3.63) is 94.0 Å². The van der Waals surface area contributed by atoms with Crippen LogP contribution in [-0.2, 0) is 10.2 Å². The van der Waals surface area contributed by atoms with Crippen LogP contribution in [0.25, 0.3) is 0 Å². The van der Waals surface area contributed by atoms with E-state index < -0.39 is 17.5 Å². The summed E-state index contributed by atoms with van der Waals surface area (Å²) in [5.41, 5.74) is 4.08. The highest BCUT2D eigenvalue weighted by Gasteiger charge is 2.28. The predicted molar refractivity (Wildman–Crippen MR) is 175 cm³/mol. The molecule has 5 heteroatoms. The smallest absolute Gasteiger partial charge is 0.343 e. The Hall–Kier alpha value is -3.60. The molecule has 0 aliphatic rings. The van der Waals surface area contributed by atoms with Crippen LogP contribution in [0.3, 0.4) is 0 Å². The summed E-state index contributed by atoms with van der Waals surface area (Å²) >= 11 is 0. The fourth-order valence-electron chi connectivity index (χ4n) is 5.43. The van der Waals surface area contributed by atoms with E-state index in [4.69, 9.17) is 14.2 Å². The second kappa shape index (κ2) is 13.8. The number of carbonyl (C=O) groups excluding carboxylic acids is 2. The maximum atomic E-state index is 12.9. The van der Waals surface area contributed by atoms with Crippen LogP contribution in [0.4, 0.5) is 0 Å². The molecule has 3 aromatic carbocycles. The van der Waals surface area contributed by atoms with E-state index in [1.165, 1.54) is 5.56 Å². The molecule has 1 atom stereocenters. The van der Waals surface area contributed by atoms with E-state index in [0.717, 1.165) is 54.5 Å². The third-order valence-corrected chi connectivity index (χ3v) is 8.46. The maximum Gasteiger partial charge on any atom is 0.343 e. The van der Waals surface area contributed by atoms with Gasteiger partial charge in [0, 0.05) is 5.41 Å². The number of hydrogen-bond acceptors (Lipinski definition) is 5. The summed E-state index contributed by atoms with van der Waals surface area (Å²) in [5.74, 6) is 0.556. The number of carbonyl (C=O) groups is 2. The molecule has 3 aromatic rings. The molecule has 0 saturated carbocycles. The van der Waals surface area contributed by atoms with E-state index in [2.05, 4.69) is 72.7 Å². The van der Waals surface area contributed by atoms with Crippen molar-refractivity contribution in [1.82, 2.24) is 0 Å². The summed E-state index contributed by atoms with van der Waals surface area (Å²) in [6.07, 6.45) is 4.75. The average molecular weight is 587 g/mol. The van der Waals surface area contributed by atoms with Crippen molar-refractivity contribution in [2.45, 2.75) is 118 Å². The van der Waals surface area contributed by atoms with Crippen LogP contribution in [0.1, 0.15) is 130 Å². The molecule has 0 aromatic heterocycles. The van der Waals surface area contributed by atoms with Crippen molar-refractivity contribution in [3.63, 3.8) is 0 Å². The zero-order chi connectivity index (χ0) is 32.0. The standard InChI is InChI=1S/C38H50O5/c1-11-22-36(6,7)43-35(40)29-16-14-28(15-17-29)34(39)41-32-20-18-30(24-26(32)4)37(8,9)31-19-21-33(27(5)25-31)42-38(10,13-3)23-12-2/h14-21,24-25H,11-13,22-23H2,1-10H3. The van der Waals surface area contributed by atoms with Gasteiger partial charge in [-0.05, 0) is 113 Å². The molecule has 0 heterocycles. The molecule has 232 valence electrons. The molecule has 0 radical (unpaired) electrons. The highest BCUT2D eigenvalue weighted by Crippen LogP contribution is 2.37. The Balaban J connectivity index is 1.73. The topological polar surface area (TPSA) is 61.8 Å². The van der Waals surface area contributed by atoms with Gasteiger partial charge in [0.1, 0.15) is 22.7 Å². The first-order valence-electron chi connectivity index (χ1n) is 15.6. The Labute approximate surface area is 259 Å². The molecule has 0 aliphatic carbocycles. The van der Waals surface area contributed by atoms with Gasteiger partial charge in [-0.1, -0.05) is 71.7 Å². The van der Waals surface area contributed by atoms with Crippen molar-refractivity contribution in [2.24, 2.45) is 0 Å². The Kier molecular flexibility index (Phi) is 10.9. The first-order valence-corrected chi connectivity index (χ1v) is 15.6. The first-order chi connectivity index (χ1) is 20.1. The van der Waals surface area contributed by atoms with Gasteiger partial charge < -0.3 is 14.2 Å². The van der Waals surface area contributed by atoms with E-state index in [9.17, 15) is 9.59 Å². The summed E-state index contributed by atoms with van der Waals surface area (Å²) in [5, 5.41) is 0. The minimum atomic E-state index is -0.538. The van der Waals surface area contributed by atoms with Crippen LogP contribution in [-0.4, -0.2) is 23.1 Å². The molecule has 0 N–H and O–H groups in total. The largest absolute Gasteiger partial charge is 0.487 e. The van der Waals surface area contributed by atoms with Crippen LogP contribution >= 0.6 is 0 Å². The highest BCUT2D eigenvalue weighted by molar-refractivity contribution is 5.94. The lowest BCUT2D eigenvalue weighted by Gasteiger charge is -2.31. The monoisotopic (exact) mass is 586 g/mol. The van der Waals surface area contributed by atoms with Gasteiger partial charge in [0.05, 0.1) is 11.1 Å². The molecule has 0 aliphatic heterocycles. The number of rotatable bonds is 13. The average Bonchev–Trinajstić information content (AvgIpc) is 2.95. The Bertz CT molecular complexity index is 1420. The maximum absolute atomic E-state index is 12.9. The third kappa shape index (κ3) is 8.49. The number of benzene rings is 3. The second-order valence-corrected chi connectivity index (χ2v) is 13.1. The first kappa shape index (κ1) is 33.9. The lowest BCUT2D eigenvalue weighted by molar-refractivity contribution is -0.00475. The van der Waals surface area contributed by atoms with Crippen molar-refractivity contribution < 1.29 is 23.8 Å². The number of aryl methyl sites for hydroxylation is 2. The normalized spacial score (nSPS) is 13.3.